The quantitative estimate of drug-likeness (QED) is 0.176. The van der Waals surface area contributed by atoms with Crippen LogP contribution in [0.25, 0.3) is 97.1 Å². The molecule has 0 aliphatic carbocycles. The third kappa shape index (κ3) is 4.83. The fraction of sp³-hybridized carbons (Fsp3) is 0. The van der Waals surface area contributed by atoms with Crippen LogP contribution < -0.4 is 4.90 Å². The van der Waals surface area contributed by atoms with E-state index in [2.05, 4.69) is 181 Å². The Hall–Kier alpha value is -7.14. The lowest BCUT2D eigenvalue weighted by atomic mass is 10.0. The van der Waals surface area contributed by atoms with Crippen molar-refractivity contribution in [2.75, 3.05) is 4.90 Å². The molecule has 0 bridgehead atoms. The number of furan rings is 2. The first-order valence-electron chi connectivity index (χ1n) is 18.9. The number of nitrogens with zero attached hydrogens (tertiary/aromatic N) is 1. The molecule has 0 spiro atoms. The smallest absolute Gasteiger partial charge is 0.143 e. The monoisotopic (exact) mass is 733 g/mol. The predicted octanol–water partition coefficient (Wildman–Crippen LogP) is 15.8. The molecule has 0 saturated carbocycles. The van der Waals surface area contributed by atoms with E-state index in [0.29, 0.717) is 0 Å². The maximum Gasteiger partial charge on any atom is 0.143 e. The van der Waals surface area contributed by atoms with E-state index in [0.717, 1.165) is 72.1 Å². The second-order valence-corrected chi connectivity index (χ2v) is 15.5. The number of rotatable bonds is 5. The van der Waals surface area contributed by atoms with Crippen molar-refractivity contribution in [1.82, 2.24) is 0 Å². The van der Waals surface area contributed by atoms with Gasteiger partial charge in [0.2, 0.25) is 0 Å². The second kappa shape index (κ2) is 12.2. The second-order valence-electron chi connectivity index (χ2n) is 14.5. The number of para-hydroxylation sites is 2. The summed E-state index contributed by atoms with van der Waals surface area (Å²) in [5.74, 6) is 0. The van der Waals surface area contributed by atoms with Crippen molar-refractivity contribution in [3.05, 3.63) is 188 Å². The molecule has 0 N–H and O–H groups in total. The zero-order chi connectivity index (χ0) is 36.7. The molecule has 3 heterocycles. The first kappa shape index (κ1) is 31.2. The SMILES string of the molecule is c1ccc2cc3c(cc2c1)oc1cc(N(c2ccc(-c4cccc5c4oc4ccccc45)cc2)c2ccc(-c4cccc5c4sc4ccccc45)cc2)ccc13. The lowest BCUT2D eigenvalue weighted by Gasteiger charge is -2.26. The van der Waals surface area contributed by atoms with Gasteiger partial charge < -0.3 is 13.7 Å². The highest BCUT2D eigenvalue weighted by Crippen LogP contribution is 2.44. The van der Waals surface area contributed by atoms with Gasteiger partial charge in [-0.05, 0) is 88.1 Å². The third-order valence-corrected chi connectivity index (χ3v) is 12.5. The molecule has 262 valence electrons. The van der Waals surface area contributed by atoms with Crippen LogP contribution in [0.2, 0.25) is 0 Å². The number of fused-ring (bicyclic) bond motifs is 10. The highest BCUT2D eigenvalue weighted by atomic mass is 32.1. The Balaban J connectivity index is 0.990. The standard InChI is InChI=1S/C52H31NO2S/c1-2-10-35-30-48-46(29-34(35)9-1)42-28-27-38(31-49(42)54-48)53(36-23-19-32(20-24-36)39-13-7-15-44-41-11-3-5-17-47(41)55-51(39)44)37-25-21-33(22-26-37)40-14-8-16-45-43-12-4-6-18-50(43)56-52(40)45/h1-31H. The lowest BCUT2D eigenvalue weighted by Crippen LogP contribution is -2.09. The van der Waals surface area contributed by atoms with Crippen LogP contribution in [-0.4, -0.2) is 0 Å². The molecule has 3 aromatic heterocycles. The van der Waals surface area contributed by atoms with Crippen LogP contribution in [0.3, 0.4) is 0 Å². The molecule has 0 aliphatic rings. The molecule has 4 heteroatoms. The van der Waals surface area contributed by atoms with Gasteiger partial charge >= 0.3 is 0 Å². The number of hydrogen-bond acceptors (Lipinski definition) is 4. The number of thiophene rings is 1. The summed E-state index contributed by atoms with van der Waals surface area (Å²) in [7, 11) is 0. The molecule has 12 rings (SSSR count). The van der Waals surface area contributed by atoms with E-state index in [1.807, 2.05) is 23.5 Å². The van der Waals surface area contributed by atoms with Gasteiger partial charge in [0.25, 0.3) is 0 Å². The Morgan fingerprint density at radius 1 is 0.357 bits per heavy atom. The Bertz CT molecular complexity index is 3320. The first-order chi connectivity index (χ1) is 27.7. The summed E-state index contributed by atoms with van der Waals surface area (Å²) < 4.78 is 15.6. The summed E-state index contributed by atoms with van der Waals surface area (Å²) >= 11 is 1.86. The highest BCUT2D eigenvalue weighted by molar-refractivity contribution is 7.26. The van der Waals surface area contributed by atoms with Crippen LogP contribution in [0.15, 0.2) is 197 Å². The minimum Gasteiger partial charge on any atom is -0.456 e. The van der Waals surface area contributed by atoms with Gasteiger partial charge in [-0.25, -0.2) is 0 Å². The van der Waals surface area contributed by atoms with Crippen molar-refractivity contribution in [2.45, 2.75) is 0 Å². The fourth-order valence-electron chi connectivity index (χ4n) is 8.57. The van der Waals surface area contributed by atoms with Crippen LogP contribution in [0.1, 0.15) is 0 Å². The van der Waals surface area contributed by atoms with Gasteiger partial charge in [-0.15, -0.1) is 11.3 Å². The van der Waals surface area contributed by atoms with Gasteiger partial charge in [-0.1, -0.05) is 121 Å². The Kier molecular flexibility index (Phi) is 6.80. The number of benzene rings is 9. The van der Waals surface area contributed by atoms with Crippen molar-refractivity contribution in [3.8, 4) is 22.3 Å². The molecule has 0 atom stereocenters. The largest absolute Gasteiger partial charge is 0.456 e. The van der Waals surface area contributed by atoms with E-state index in [1.54, 1.807) is 0 Å². The molecule has 0 aliphatic heterocycles. The van der Waals surface area contributed by atoms with Gasteiger partial charge in [-0.3, -0.25) is 0 Å². The maximum absolute atomic E-state index is 6.57. The molecule has 56 heavy (non-hydrogen) atoms. The summed E-state index contributed by atoms with van der Waals surface area (Å²) in [5, 5.41) is 9.49. The van der Waals surface area contributed by atoms with Gasteiger partial charge in [0.05, 0.1) is 0 Å². The van der Waals surface area contributed by atoms with Crippen molar-refractivity contribution in [3.63, 3.8) is 0 Å². The van der Waals surface area contributed by atoms with Gasteiger partial charge in [-0.2, -0.15) is 0 Å². The van der Waals surface area contributed by atoms with E-state index >= 15 is 0 Å². The summed E-state index contributed by atoms with van der Waals surface area (Å²) in [4.78, 5) is 2.32. The van der Waals surface area contributed by atoms with Gasteiger partial charge in [0.1, 0.15) is 22.3 Å². The van der Waals surface area contributed by atoms with Crippen LogP contribution in [0, 0.1) is 0 Å². The van der Waals surface area contributed by atoms with Gasteiger partial charge in [0.15, 0.2) is 0 Å². The summed E-state index contributed by atoms with van der Waals surface area (Å²) in [6.07, 6.45) is 0. The van der Waals surface area contributed by atoms with Crippen LogP contribution >= 0.6 is 11.3 Å². The predicted molar refractivity (Wildman–Crippen MR) is 237 cm³/mol. The van der Waals surface area contributed by atoms with E-state index < -0.39 is 0 Å². The molecule has 0 fully saturated rings. The maximum atomic E-state index is 6.57. The number of anilines is 3. The topological polar surface area (TPSA) is 29.5 Å². The molecule has 0 radical (unpaired) electrons. The van der Waals surface area contributed by atoms with Crippen LogP contribution in [0.4, 0.5) is 17.1 Å². The average Bonchev–Trinajstić information content (AvgIpc) is 3.94. The minimum absolute atomic E-state index is 0.860. The molecule has 3 nitrogen and oxygen atoms in total. The van der Waals surface area contributed by atoms with Crippen LogP contribution in [-0.2, 0) is 0 Å². The van der Waals surface area contributed by atoms with Crippen LogP contribution in [0.5, 0.6) is 0 Å². The van der Waals surface area contributed by atoms with E-state index in [-0.39, 0.29) is 0 Å². The summed E-state index contributed by atoms with van der Waals surface area (Å²) in [6.45, 7) is 0. The average molecular weight is 734 g/mol. The normalized spacial score (nSPS) is 11.9. The molecular weight excluding hydrogens is 703 g/mol. The lowest BCUT2D eigenvalue weighted by molar-refractivity contribution is 0.669. The Morgan fingerprint density at radius 2 is 0.946 bits per heavy atom. The van der Waals surface area contributed by atoms with Crippen molar-refractivity contribution >= 4 is 103 Å². The Labute approximate surface area is 325 Å². The fourth-order valence-corrected chi connectivity index (χ4v) is 9.80. The zero-order valence-electron chi connectivity index (χ0n) is 30.1. The van der Waals surface area contributed by atoms with E-state index in [4.69, 9.17) is 8.83 Å². The summed E-state index contributed by atoms with van der Waals surface area (Å²) in [6, 6.07) is 67.2. The molecule has 0 amide bonds. The first-order valence-corrected chi connectivity index (χ1v) is 19.7. The van der Waals surface area contributed by atoms with Crippen molar-refractivity contribution in [1.29, 1.82) is 0 Å². The number of hydrogen-bond donors (Lipinski definition) is 0. The molecule has 9 aromatic carbocycles. The van der Waals surface area contributed by atoms with Gasteiger partial charge in [0, 0.05) is 70.4 Å². The van der Waals surface area contributed by atoms with E-state index in [1.165, 1.54) is 42.1 Å². The third-order valence-electron chi connectivity index (χ3n) is 11.3. The molecule has 0 saturated heterocycles. The highest BCUT2D eigenvalue weighted by Gasteiger charge is 2.18. The van der Waals surface area contributed by atoms with Crippen molar-refractivity contribution < 1.29 is 8.83 Å². The molecule has 12 aromatic rings. The summed E-state index contributed by atoms with van der Waals surface area (Å²) in [5.41, 5.74) is 11.3. The van der Waals surface area contributed by atoms with E-state index in [9.17, 15) is 0 Å². The molecule has 0 unspecified atom stereocenters. The zero-order valence-corrected chi connectivity index (χ0v) is 30.9. The molecular formula is C52H31NO2S. The van der Waals surface area contributed by atoms with Crippen molar-refractivity contribution in [2.24, 2.45) is 0 Å². The minimum atomic E-state index is 0.860. The Morgan fingerprint density at radius 3 is 1.75 bits per heavy atom.